The van der Waals surface area contributed by atoms with Crippen LogP contribution in [0, 0.1) is 0 Å². The van der Waals surface area contributed by atoms with Gasteiger partial charge in [0.15, 0.2) is 9.84 Å². The lowest BCUT2D eigenvalue weighted by Crippen LogP contribution is -2.33. The molecule has 0 aliphatic heterocycles. The molecule has 128 valence electrons. The number of rotatable bonds is 7. The van der Waals surface area contributed by atoms with Crippen molar-refractivity contribution in [3.05, 3.63) is 35.7 Å². The second-order valence-corrected chi connectivity index (χ2v) is 7.96. The number of ether oxygens (including phenoxy) is 1. The molecule has 1 aliphatic rings. The van der Waals surface area contributed by atoms with Crippen LogP contribution in [0.1, 0.15) is 45.2 Å². The summed E-state index contributed by atoms with van der Waals surface area (Å²) in [5, 5.41) is -0.757. The molecular weight excluding hydrogens is 314 g/mol. The van der Waals surface area contributed by atoms with E-state index in [-0.39, 0.29) is 12.5 Å². The third-order valence-corrected chi connectivity index (χ3v) is 6.07. The van der Waals surface area contributed by atoms with E-state index in [0.29, 0.717) is 12.0 Å². The first-order valence-corrected chi connectivity index (χ1v) is 9.94. The van der Waals surface area contributed by atoms with Crippen LogP contribution in [0.5, 0.6) is 0 Å². The molecule has 0 bridgehead atoms. The van der Waals surface area contributed by atoms with Gasteiger partial charge in [-0.2, -0.15) is 0 Å². The number of allylic oxidation sites excluding steroid dienone is 1. The first-order valence-electron chi connectivity index (χ1n) is 8.22. The summed E-state index contributed by atoms with van der Waals surface area (Å²) >= 11 is 0. The van der Waals surface area contributed by atoms with Crippen LogP contribution in [0.15, 0.2) is 30.0 Å². The molecule has 5 nitrogen and oxygen atoms in total. The zero-order valence-electron chi connectivity index (χ0n) is 13.8. The number of hydrogen-bond acceptors (Lipinski definition) is 4. The Bertz CT molecular complexity index is 673. The number of sulfone groups is 1. The van der Waals surface area contributed by atoms with Crippen molar-refractivity contribution in [2.75, 3.05) is 6.61 Å². The lowest BCUT2D eigenvalue weighted by atomic mass is 9.99. The van der Waals surface area contributed by atoms with Crippen molar-refractivity contribution in [3.63, 3.8) is 0 Å². The van der Waals surface area contributed by atoms with Gasteiger partial charge < -0.3 is 9.30 Å². The fourth-order valence-corrected chi connectivity index (χ4v) is 4.92. The van der Waals surface area contributed by atoms with Gasteiger partial charge in [0.1, 0.15) is 5.88 Å². The lowest BCUT2D eigenvalue weighted by Gasteiger charge is -2.23. The smallest absolute Gasteiger partial charge is 0.335 e. The summed E-state index contributed by atoms with van der Waals surface area (Å²) in [4.78, 5) is 12.1. The van der Waals surface area contributed by atoms with Crippen LogP contribution in [0.25, 0.3) is 0 Å². The average Bonchev–Trinajstić information content (AvgIpc) is 2.94. The van der Waals surface area contributed by atoms with E-state index in [2.05, 4.69) is 6.92 Å². The standard InChI is InChI=1S/C17H25NO4S/c1-3-8-14-9-7-12-18(14)13-23(20,21)16-11-6-5-10-15(16)17(19)22-4-2/h7,9-10,12,16H,3-6,8,11,13H2,1-2H3. The molecular formula is C17H25NO4S. The van der Waals surface area contributed by atoms with Crippen LogP contribution < -0.4 is 0 Å². The molecule has 0 fully saturated rings. The third kappa shape index (κ3) is 4.25. The van der Waals surface area contributed by atoms with Crippen molar-refractivity contribution in [3.8, 4) is 0 Å². The van der Waals surface area contributed by atoms with Gasteiger partial charge in [-0.3, -0.25) is 0 Å². The summed E-state index contributed by atoms with van der Waals surface area (Å²) in [5.41, 5.74) is 1.32. The van der Waals surface area contributed by atoms with E-state index >= 15 is 0 Å². The predicted molar refractivity (Wildman–Crippen MR) is 89.7 cm³/mol. The summed E-state index contributed by atoms with van der Waals surface area (Å²) in [7, 11) is -3.47. The van der Waals surface area contributed by atoms with E-state index in [1.165, 1.54) is 0 Å². The number of nitrogens with zero attached hydrogens (tertiary/aromatic N) is 1. The molecule has 0 N–H and O–H groups in total. The minimum Gasteiger partial charge on any atom is -0.463 e. The van der Waals surface area contributed by atoms with Crippen molar-refractivity contribution in [2.24, 2.45) is 0 Å². The Balaban J connectivity index is 2.23. The van der Waals surface area contributed by atoms with E-state index in [1.54, 1.807) is 23.8 Å². The summed E-state index contributed by atoms with van der Waals surface area (Å²) in [6.07, 6.45) is 7.31. The van der Waals surface area contributed by atoms with Gasteiger partial charge in [0.2, 0.25) is 0 Å². The minimum absolute atomic E-state index is 0.0866. The van der Waals surface area contributed by atoms with Crippen molar-refractivity contribution in [1.29, 1.82) is 0 Å². The molecule has 1 atom stereocenters. The quantitative estimate of drug-likeness (QED) is 0.717. The van der Waals surface area contributed by atoms with Gasteiger partial charge in [0.25, 0.3) is 0 Å². The number of aromatic nitrogens is 1. The zero-order valence-corrected chi connectivity index (χ0v) is 14.6. The Hall–Kier alpha value is -1.56. The van der Waals surface area contributed by atoms with Crippen LogP contribution in [0.4, 0.5) is 0 Å². The molecule has 1 aliphatic carbocycles. The average molecular weight is 339 g/mol. The fraction of sp³-hybridized carbons (Fsp3) is 0.588. The van der Waals surface area contributed by atoms with E-state index in [9.17, 15) is 13.2 Å². The summed E-state index contributed by atoms with van der Waals surface area (Å²) in [6, 6.07) is 3.81. The number of esters is 1. The predicted octanol–water partition coefficient (Wildman–Crippen LogP) is 2.85. The maximum Gasteiger partial charge on any atom is 0.335 e. The van der Waals surface area contributed by atoms with Gasteiger partial charge in [-0.1, -0.05) is 19.4 Å². The van der Waals surface area contributed by atoms with Crippen LogP contribution in [-0.4, -0.2) is 30.8 Å². The molecule has 0 saturated carbocycles. The summed E-state index contributed by atoms with van der Waals surface area (Å²) in [6.45, 7) is 4.04. The molecule has 23 heavy (non-hydrogen) atoms. The van der Waals surface area contributed by atoms with E-state index in [0.717, 1.165) is 31.4 Å². The molecule has 1 heterocycles. The maximum atomic E-state index is 12.9. The summed E-state index contributed by atoms with van der Waals surface area (Å²) in [5.74, 6) is -0.585. The molecule has 0 saturated heterocycles. The second-order valence-electron chi connectivity index (χ2n) is 5.81. The van der Waals surface area contributed by atoms with Gasteiger partial charge in [0, 0.05) is 11.9 Å². The highest BCUT2D eigenvalue weighted by molar-refractivity contribution is 7.91. The van der Waals surface area contributed by atoms with Crippen LogP contribution in [-0.2, 0) is 31.7 Å². The molecule has 0 spiro atoms. The first-order chi connectivity index (χ1) is 11.0. The molecule has 0 amide bonds. The minimum atomic E-state index is -3.47. The van der Waals surface area contributed by atoms with Crippen LogP contribution in [0.2, 0.25) is 0 Å². The lowest BCUT2D eigenvalue weighted by molar-refractivity contribution is -0.138. The zero-order chi connectivity index (χ0) is 16.9. The molecule has 0 radical (unpaired) electrons. The Kier molecular flexibility index (Phi) is 6.04. The van der Waals surface area contributed by atoms with Crippen LogP contribution >= 0.6 is 0 Å². The van der Waals surface area contributed by atoms with Crippen molar-refractivity contribution in [2.45, 2.75) is 57.1 Å². The van der Waals surface area contributed by atoms with Gasteiger partial charge in [-0.15, -0.1) is 0 Å². The SMILES string of the molecule is CCCc1cccn1CS(=O)(=O)C1CCCC=C1C(=O)OCC. The molecule has 1 aromatic rings. The van der Waals surface area contributed by atoms with Gasteiger partial charge in [0.05, 0.1) is 17.4 Å². The monoisotopic (exact) mass is 339 g/mol. The first kappa shape index (κ1) is 17.8. The van der Waals surface area contributed by atoms with Gasteiger partial charge in [-0.25, -0.2) is 13.2 Å². The number of carbonyl (C=O) groups is 1. The van der Waals surface area contributed by atoms with Gasteiger partial charge in [-0.05, 0) is 44.7 Å². The second kappa shape index (κ2) is 7.81. The normalized spacial score (nSPS) is 18.5. The molecule has 6 heteroatoms. The molecule has 0 aromatic carbocycles. The Morgan fingerprint density at radius 2 is 2.17 bits per heavy atom. The number of aryl methyl sites for hydroxylation is 1. The van der Waals surface area contributed by atoms with E-state index in [1.807, 2.05) is 12.1 Å². The van der Waals surface area contributed by atoms with Crippen molar-refractivity contribution < 1.29 is 17.9 Å². The van der Waals surface area contributed by atoms with Crippen molar-refractivity contribution >= 4 is 15.8 Å². The Morgan fingerprint density at radius 3 is 2.87 bits per heavy atom. The molecule has 1 aromatic heterocycles. The molecule has 1 unspecified atom stereocenters. The Labute approximate surface area is 138 Å². The number of hydrogen-bond donors (Lipinski definition) is 0. The fourth-order valence-electron chi connectivity index (χ4n) is 2.99. The van der Waals surface area contributed by atoms with E-state index in [4.69, 9.17) is 4.74 Å². The van der Waals surface area contributed by atoms with Crippen molar-refractivity contribution in [1.82, 2.24) is 4.57 Å². The van der Waals surface area contributed by atoms with Crippen LogP contribution in [0.3, 0.4) is 0 Å². The van der Waals surface area contributed by atoms with E-state index < -0.39 is 21.1 Å². The Morgan fingerprint density at radius 1 is 1.39 bits per heavy atom. The highest BCUT2D eigenvalue weighted by Gasteiger charge is 2.35. The number of carbonyl (C=O) groups excluding carboxylic acids is 1. The largest absolute Gasteiger partial charge is 0.463 e. The topological polar surface area (TPSA) is 65.4 Å². The maximum absolute atomic E-state index is 12.9. The highest BCUT2D eigenvalue weighted by atomic mass is 32.2. The molecule has 2 rings (SSSR count). The van der Waals surface area contributed by atoms with Gasteiger partial charge >= 0.3 is 5.97 Å². The summed E-state index contributed by atoms with van der Waals surface area (Å²) < 4.78 is 32.5. The highest BCUT2D eigenvalue weighted by Crippen LogP contribution is 2.27. The third-order valence-electron chi connectivity index (χ3n) is 4.07.